The van der Waals surface area contributed by atoms with Crippen molar-refractivity contribution >= 4 is 0 Å². The number of aryl methyl sites for hydroxylation is 1. The van der Waals surface area contributed by atoms with Gasteiger partial charge in [-0.25, -0.2) is 0 Å². The summed E-state index contributed by atoms with van der Waals surface area (Å²) in [7, 11) is 1.70. The Bertz CT molecular complexity index is 282. The second kappa shape index (κ2) is 9.02. The smallest absolute Gasteiger partial charge is 0.119 e. The molecule has 0 N–H and O–H groups in total. The molecule has 0 heterocycles. The molecule has 0 aliphatic heterocycles. The van der Waals surface area contributed by atoms with E-state index in [4.69, 9.17) is 14.2 Å². The van der Waals surface area contributed by atoms with E-state index in [9.17, 15) is 0 Å². The summed E-state index contributed by atoms with van der Waals surface area (Å²) in [6.45, 7) is 5.04. The molecule has 1 aromatic rings. The van der Waals surface area contributed by atoms with Gasteiger partial charge in [-0.3, -0.25) is 0 Å². The van der Waals surface area contributed by atoms with Crippen LogP contribution in [0.3, 0.4) is 0 Å². The van der Waals surface area contributed by atoms with Crippen molar-refractivity contribution in [3.63, 3.8) is 0 Å². The van der Waals surface area contributed by atoms with Crippen LogP contribution in [0.4, 0.5) is 0 Å². The first-order chi connectivity index (χ1) is 8.33. The monoisotopic (exact) mass is 238 g/mol. The number of ether oxygens (including phenoxy) is 3. The van der Waals surface area contributed by atoms with Crippen molar-refractivity contribution in [2.45, 2.75) is 19.8 Å². The molecule has 0 atom stereocenters. The number of rotatable bonds is 9. The SMILES string of the molecule is COCCCOCCCOc1ccc(C)cc1. The molecular formula is C14H22O3. The summed E-state index contributed by atoms with van der Waals surface area (Å²) in [5.74, 6) is 0.926. The minimum Gasteiger partial charge on any atom is -0.494 e. The van der Waals surface area contributed by atoms with Gasteiger partial charge in [0.15, 0.2) is 0 Å². The third kappa shape index (κ3) is 6.97. The van der Waals surface area contributed by atoms with Crippen LogP contribution in [0.15, 0.2) is 24.3 Å². The van der Waals surface area contributed by atoms with E-state index in [0.29, 0.717) is 6.61 Å². The van der Waals surface area contributed by atoms with Crippen LogP contribution in [-0.2, 0) is 9.47 Å². The first-order valence-electron chi connectivity index (χ1n) is 6.09. The third-order valence-electron chi connectivity index (χ3n) is 2.36. The molecule has 0 saturated carbocycles. The molecule has 1 aromatic carbocycles. The Morgan fingerprint density at radius 3 is 2.18 bits per heavy atom. The fraction of sp³-hybridized carbons (Fsp3) is 0.571. The fourth-order valence-electron chi connectivity index (χ4n) is 1.39. The standard InChI is InChI=1S/C14H22O3/c1-13-5-7-14(8-6-13)17-12-4-11-16-10-3-9-15-2/h5-8H,3-4,9-12H2,1-2H3. The maximum absolute atomic E-state index is 5.58. The molecule has 0 saturated heterocycles. The van der Waals surface area contributed by atoms with Crippen LogP contribution in [0.2, 0.25) is 0 Å². The van der Waals surface area contributed by atoms with Crippen LogP contribution < -0.4 is 4.74 Å². The number of benzene rings is 1. The summed E-state index contributed by atoms with van der Waals surface area (Å²) in [5.41, 5.74) is 1.25. The van der Waals surface area contributed by atoms with Gasteiger partial charge in [-0.2, -0.15) is 0 Å². The topological polar surface area (TPSA) is 27.7 Å². The Balaban J connectivity index is 1.95. The second-order valence-corrected chi connectivity index (χ2v) is 3.97. The molecule has 0 fully saturated rings. The van der Waals surface area contributed by atoms with Crippen LogP contribution in [-0.4, -0.2) is 33.5 Å². The summed E-state index contributed by atoms with van der Waals surface area (Å²) < 4.78 is 15.9. The van der Waals surface area contributed by atoms with E-state index < -0.39 is 0 Å². The van der Waals surface area contributed by atoms with Gasteiger partial charge in [0.2, 0.25) is 0 Å². The first-order valence-corrected chi connectivity index (χ1v) is 6.09. The Kier molecular flexibility index (Phi) is 7.43. The van der Waals surface area contributed by atoms with Crippen molar-refractivity contribution in [2.24, 2.45) is 0 Å². The summed E-state index contributed by atoms with van der Waals surface area (Å²) in [6, 6.07) is 8.09. The van der Waals surface area contributed by atoms with Gasteiger partial charge in [0.1, 0.15) is 5.75 Å². The maximum atomic E-state index is 5.58. The summed E-state index contributed by atoms with van der Waals surface area (Å²) in [6.07, 6.45) is 1.87. The average molecular weight is 238 g/mol. The van der Waals surface area contributed by atoms with Gasteiger partial charge in [-0.1, -0.05) is 17.7 Å². The third-order valence-corrected chi connectivity index (χ3v) is 2.36. The molecule has 0 aliphatic rings. The number of hydrogen-bond acceptors (Lipinski definition) is 3. The Morgan fingerprint density at radius 1 is 0.882 bits per heavy atom. The van der Waals surface area contributed by atoms with Crippen molar-refractivity contribution in [2.75, 3.05) is 33.5 Å². The quantitative estimate of drug-likeness (QED) is 0.619. The minimum atomic E-state index is 0.702. The highest BCUT2D eigenvalue weighted by Crippen LogP contribution is 2.11. The van der Waals surface area contributed by atoms with Crippen molar-refractivity contribution in [1.29, 1.82) is 0 Å². The normalized spacial score (nSPS) is 10.5. The first kappa shape index (κ1) is 14.0. The molecule has 0 unspecified atom stereocenters. The Hall–Kier alpha value is -1.06. The molecule has 96 valence electrons. The largest absolute Gasteiger partial charge is 0.494 e. The molecule has 0 aromatic heterocycles. The predicted octanol–water partition coefficient (Wildman–Crippen LogP) is 2.82. The fourth-order valence-corrected chi connectivity index (χ4v) is 1.39. The van der Waals surface area contributed by atoms with Crippen molar-refractivity contribution in [1.82, 2.24) is 0 Å². The van der Waals surface area contributed by atoms with E-state index >= 15 is 0 Å². The molecule has 0 spiro atoms. The van der Waals surface area contributed by atoms with Gasteiger partial charge < -0.3 is 14.2 Å². The lowest BCUT2D eigenvalue weighted by atomic mass is 10.2. The van der Waals surface area contributed by atoms with Gasteiger partial charge in [-0.05, 0) is 25.5 Å². The highest BCUT2D eigenvalue weighted by Gasteiger charge is 1.94. The highest BCUT2D eigenvalue weighted by atomic mass is 16.5. The van der Waals surface area contributed by atoms with E-state index in [1.54, 1.807) is 7.11 Å². The van der Waals surface area contributed by atoms with Crippen LogP contribution in [0, 0.1) is 6.92 Å². The zero-order valence-corrected chi connectivity index (χ0v) is 10.8. The lowest BCUT2D eigenvalue weighted by Crippen LogP contribution is -2.05. The molecule has 17 heavy (non-hydrogen) atoms. The van der Waals surface area contributed by atoms with Gasteiger partial charge in [0, 0.05) is 33.4 Å². The van der Waals surface area contributed by atoms with E-state index in [0.717, 1.165) is 38.4 Å². The lowest BCUT2D eigenvalue weighted by Gasteiger charge is -2.07. The zero-order chi connectivity index (χ0) is 12.3. The molecule has 3 nitrogen and oxygen atoms in total. The van der Waals surface area contributed by atoms with Crippen molar-refractivity contribution in [3.05, 3.63) is 29.8 Å². The molecule has 0 radical (unpaired) electrons. The molecular weight excluding hydrogens is 216 g/mol. The van der Waals surface area contributed by atoms with Crippen LogP contribution in [0.25, 0.3) is 0 Å². The van der Waals surface area contributed by atoms with Crippen molar-refractivity contribution < 1.29 is 14.2 Å². The van der Waals surface area contributed by atoms with E-state index in [1.807, 2.05) is 12.1 Å². The van der Waals surface area contributed by atoms with E-state index in [-0.39, 0.29) is 0 Å². The van der Waals surface area contributed by atoms with Crippen LogP contribution in [0.5, 0.6) is 5.75 Å². The zero-order valence-electron chi connectivity index (χ0n) is 10.8. The van der Waals surface area contributed by atoms with Gasteiger partial charge in [-0.15, -0.1) is 0 Å². The molecule has 3 heteroatoms. The van der Waals surface area contributed by atoms with E-state index in [1.165, 1.54) is 5.56 Å². The van der Waals surface area contributed by atoms with Gasteiger partial charge in [0.05, 0.1) is 6.61 Å². The lowest BCUT2D eigenvalue weighted by molar-refractivity contribution is 0.0940. The molecule has 0 aliphatic carbocycles. The Labute approximate surface area is 104 Å². The van der Waals surface area contributed by atoms with Gasteiger partial charge >= 0.3 is 0 Å². The molecule has 0 bridgehead atoms. The number of methoxy groups -OCH3 is 1. The highest BCUT2D eigenvalue weighted by molar-refractivity contribution is 5.26. The predicted molar refractivity (Wildman–Crippen MR) is 68.6 cm³/mol. The second-order valence-electron chi connectivity index (χ2n) is 3.97. The minimum absolute atomic E-state index is 0.702. The van der Waals surface area contributed by atoms with Crippen LogP contribution in [0.1, 0.15) is 18.4 Å². The van der Waals surface area contributed by atoms with Gasteiger partial charge in [0.25, 0.3) is 0 Å². The Morgan fingerprint density at radius 2 is 1.53 bits per heavy atom. The van der Waals surface area contributed by atoms with Crippen LogP contribution >= 0.6 is 0 Å². The molecule has 0 amide bonds. The van der Waals surface area contributed by atoms with Crippen molar-refractivity contribution in [3.8, 4) is 5.75 Å². The van der Waals surface area contributed by atoms with E-state index in [2.05, 4.69) is 19.1 Å². The summed E-state index contributed by atoms with van der Waals surface area (Å²) >= 11 is 0. The average Bonchev–Trinajstić information content (AvgIpc) is 2.35. The summed E-state index contributed by atoms with van der Waals surface area (Å²) in [5, 5.41) is 0. The maximum Gasteiger partial charge on any atom is 0.119 e. The number of hydrogen-bond donors (Lipinski definition) is 0. The molecule has 1 rings (SSSR count). The summed E-state index contributed by atoms with van der Waals surface area (Å²) in [4.78, 5) is 0.